The first-order chi connectivity index (χ1) is 16.0. The number of benzene rings is 3. The molecule has 1 N–H and O–H groups in total. The Morgan fingerprint density at radius 2 is 1.85 bits per heavy atom. The second kappa shape index (κ2) is 8.25. The maximum Gasteiger partial charge on any atom is 0.307 e. The van der Waals surface area contributed by atoms with Crippen molar-refractivity contribution in [1.82, 2.24) is 5.43 Å². The largest absolute Gasteiger partial charge is 0.455 e. The Labute approximate surface area is 191 Å². The first kappa shape index (κ1) is 20.5. The van der Waals surface area contributed by atoms with Gasteiger partial charge >= 0.3 is 5.91 Å². The molecule has 0 fully saturated rings. The van der Waals surface area contributed by atoms with Crippen LogP contribution in [0.3, 0.4) is 0 Å². The topological polar surface area (TPSA) is 111 Å². The van der Waals surface area contributed by atoms with Crippen LogP contribution in [0.2, 0.25) is 5.02 Å². The molecule has 0 aliphatic carbocycles. The minimum atomic E-state index is -0.562. The third kappa shape index (κ3) is 3.95. The van der Waals surface area contributed by atoms with E-state index < -0.39 is 10.8 Å². The average molecular weight is 460 g/mol. The smallest absolute Gasteiger partial charge is 0.307 e. The van der Waals surface area contributed by atoms with E-state index >= 15 is 0 Å². The lowest BCUT2D eigenvalue weighted by atomic mass is 10.1. The van der Waals surface area contributed by atoms with Crippen LogP contribution in [0.25, 0.3) is 33.1 Å². The van der Waals surface area contributed by atoms with Crippen molar-refractivity contribution in [3.63, 3.8) is 0 Å². The van der Waals surface area contributed by atoms with E-state index in [1.165, 1.54) is 18.3 Å². The SMILES string of the molecule is O=C(N/N=C\c1ccc(-c2ccc(Cl)c([N+](=O)[O-])c2)o1)c1cc2c(ccc3ccccc32)o1. The van der Waals surface area contributed by atoms with Crippen molar-refractivity contribution >= 4 is 51.2 Å². The lowest BCUT2D eigenvalue weighted by molar-refractivity contribution is -0.384. The van der Waals surface area contributed by atoms with E-state index in [1.54, 1.807) is 24.3 Å². The first-order valence-electron chi connectivity index (χ1n) is 9.78. The third-order valence-electron chi connectivity index (χ3n) is 5.06. The number of hydrogen-bond donors (Lipinski definition) is 1. The van der Waals surface area contributed by atoms with Gasteiger partial charge in [-0.25, -0.2) is 5.43 Å². The molecule has 0 atom stereocenters. The lowest BCUT2D eigenvalue weighted by Gasteiger charge is -1.99. The highest BCUT2D eigenvalue weighted by Crippen LogP contribution is 2.31. The summed E-state index contributed by atoms with van der Waals surface area (Å²) in [6, 6.07) is 20.9. The summed E-state index contributed by atoms with van der Waals surface area (Å²) in [5.41, 5.74) is 3.29. The fourth-order valence-corrected chi connectivity index (χ4v) is 3.68. The standard InChI is InChI=1S/C24H14ClN3O5/c25-19-8-5-15(11-20(19)28(30)31)21-10-7-16(32-21)13-26-27-24(29)23-12-18-17-4-2-1-3-14(17)6-9-22(18)33-23/h1-13H,(H,27,29)/b26-13-. The number of amides is 1. The van der Waals surface area contributed by atoms with Crippen LogP contribution in [0.5, 0.6) is 0 Å². The monoisotopic (exact) mass is 459 g/mol. The molecule has 5 rings (SSSR count). The Balaban J connectivity index is 1.32. The molecule has 0 unspecified atom stereocenters. The van der Waals surface area contributed by atoms with Crippen LogP contribution in [-0.2, 0) is 0 Å². The minimum Gasteiger partial charge on any atom is -0.455 e. The van der Waals surface area contributed by atoms with Crippen molar-refractivity contribution in [2.45, 2.75) is 0 Å². The Kier molecular flexibility index (Phi) is 5.12. The molecular weight excluding hydrogens is 446 g/mol. The molecule has 0 saturated heterocycles. The van der Waals surface area contributed by atoms with E-state index in [4.69, 9.17) is 20.4 Å². The fourth-order valence-electron chi connectivity index (χ4n) is 3.50. The van der Waals surface area contributed by atoms with Gasteiger partial charge in [0.2, 0.25) is 0 Å². The van der Waals surface area contributed by atoms with E-state index in [0.29, 0.717) is 22.7 Å². The van der Waals surface area contributed by atoms with Gasteiger partial charge in [0, 0.05) is 17.0 Å². The molecule has 0 bridgehead atoms. The van der Waals surface area contributed by atoms with Gasteiger partial charge in [-0.15, -0.1) is 0 Å². The molecule has 5 aromatic rings. The van der Waals surface area contributed by atoms with Crippen LogP contribution >= 0.6 is 11.6 Å². The Morgan fingerprint density at radius 1 is 1.00 bits per heavy atom. The van der Waals surface area contributed by atoms with Gasteiger partial charge in [-0.2, -0.15) is 5.10 Å². The Morgan fingerprint density at radius 3 is 2.70 bits per heavy atom. The molecule has 33 heavy (non-hydrogen) atoms. The van der Waals surface area contributed by atoms with Gasteiger partial charge in [0.25, 0.3) is 5.69 Å². The first-order valence-corrected chi connectivity index (χ1v) is 10.2. The van der Waals surface area contributed by atoms with Gasteiger partial charge in [0.15, 0.2) is 5.76 Å². The zero-order chi connectivity index (χ0) is 22.9. The molecule has 0 saturated carbocycles. The predicted molar refractivity (Wildman–Crippen MR) is 125 cm³/mol. The highest BCUT2D eigenvalue weighted by Gasteiger charge is 2.16. The number of nitro groups is 1. The second-order valence-electron chi connectivity index (χ2n) is 7.13. The molecule has 0 aliphatic rings. The Hall–Kier alpha value is -4.43. The molecule has 162 valence electrons. The van der Waals surface area contributed by atoms with Crippen LogP contribution in [0, 0.1) is 10.1 Å². The van der Waals surface area contributed by atoms with Crippen LogP contribution in [-0.4, -0.2) is 17.0 Å². The van der Waals surface area contributed by atoms with Gasteiger partial charge in [0.1, 0.15) is 22.1 Å². The number of furan rings is 2. The van der Waals surface area contributed by atoms with Gasteiger partial charge in [0.05, 0.1) is 11.1 Å². The van der Waals surface area contributed by atoms with Crippen LogP contribution in [0.4, 0.5) is 5.69 Å². The minimum absolute atomic E-state index is 0.0402. The number of nitrogens with zero attached hydrogens (tertiary/aromatic N) is 2. The number of hydrogen-bond acceptors (Lipinski definition) is 6. The summed E-state index contributed by atoms with van der Waals surface area (Å²) in [6.45, 7) is 0. The van der Waals surface area contributed by atoms with Crippen molar-refractivity contribution in [3.05, 3.63) is 99.5 Å². The number of carbonyl (C=O) groups is 1. The van der Waals surface area contributed by atoms with E-state index in [9.17, 15) is 14.9 Å². The van der Waals surface area contributed by atoms with Gasteiger partial charge in [-0.3, -0.25) is 14.9 Å². The van der Waals surface area contributed by atoms with Crippen molar-refractivity contribution < 1.29 is 18.6 Å². The van der Waals surface area contributed by atoms with Crippen molar-refractivity contribution in [1.29, 1.82) is 0 Å². The van der Waals surface area contributed by atoms with E-state index in [-0.39, 0.29) is 16.5 Å². The zero-order valence-corrected chi connectivity index (χ0v) is 17.6. The lowest BCUT2D eigenvalue weighted by Crippen LogP contribution is -2.16. The van der Waals surface area contributed by atoms with E-state index in [1.807, 2.05) is 36.4 Å². The maximum absolute atomic E-state index is 12.5. The number of rotatable bonds is 5. The van der Waals surface area contributed by atoms with Gasteiger partial charge < -0.3 is 8.83 Å². The summed E-state index contributed by atoms with van der Waals surface area (Å²) in [6.07, 6.45) is 1.32. The van der Waals surface area contributed by atoms with E-state index in [0.717, 1.165) is 16.2 Å². The number of hydrazone groups is 1. The summed E-state index contributed by atoms with van der Waals surface area (Å²) >= 11 is 5.85. The number of carbonyl (C=O) groups excluding carboxylic acids is 1. The number of nitro benzene ring substituents is 1. The molecule has 1 amide bonds. The summed E-state index contributed by atoms with van der Waals surface area (Å²) in [5.74, 6) is 0.365. The summed E-state index contributed by atoms with van der Waals surface area (Å²) < 4.78 is 11.3. The maximum atomic E-state index is 12.5. The quantitative estimate of drug-likeness (QED) is 0.192. The van der Waals surface area contributed by atoms with Crippen molar-refractivity contribution in [2.24, 2.45) is 5.10 Å². The number of halogens is 1. The zero-order valence-electron chi connectivity index (χ0n) is 16.8. The highest BCUT2D eigenvalue weighted by molar-refractivity contribution is 6.32. The summed E-state index contributed by atoms with van der Waals surface area (Å²) in [7, 11) is 0. The molecule has 8 nitrogen and oxygen atoms in total. The molecular formula is C24H14ClN3O5. The average Bonchev–Trinajstić information content (AvgIpc) is 3.46. The number of nitrogens with one attached hydrogen (secondary N) is 1. The summed E-state index contributed by atoms with van der Waals surface area (Å²) in [5, 5.41) is 17.9. The fraction of sp³-hybridized carbons (Fsp3) is 0. The normalized spacial score (nSPS) is 11.4. The highest BCUT2D eigenvalue weighted by atomic mass is 35.5. The van der Waals surface area contributed by atoms with E-state index in [2.05, 4.69) is 10.5 Å². The number of fused-ring (bicyclic) bond motifs is 3. The third-order valence-corrected chi connectivity index (χ3v) is 5.38. The van der Waals surface area contributed by atoms with Crippen LogP contribution < -0.4 is 5.43 Å². The van der Waals surface area contributed by atoms with Crippen LogP contribution in [0.1, 0.15) is 16.3 Å². The van der Waals surface area contributed by atoms with Crippen LogP contribution in [0.15, 0.2) is 86.7 Å². The molecule has 0 radical (unpaired) electrons. The summed E-state index contributed by atoms with van der Waals surface area (Å²) in [4.78, 5) is 23.0. The second-order valence-corrected chi connectivity index (χ2v) is 7.54. The van der Waals surface area contributed by atoms with Crippen molar-refractivity contribution in [3.8, 4) is 11.3 Å². The molecule has 0 spiro atoms. The van der Waals surface area contributed by atoms with Gasteiger partial charge in [-0.1, -0.05) is 41.9 Å². The molecule has 0 aliphatic heterocycles. The van der Waals surface area contributed by atoms with Crippen molar-refractivity contribution in [2.75, 3.05) is 0 Å². The molecule has 9 heteroatoms. The van der Waals surface area contributed by atoms with Gasteiger partial charge in [-0.05, 0) is 47.2 Å². The molecule has 2 aromatic heterocycles. The predicted octanol–water partition coefficient (Wildman–Crippen LogP) is 6.17. The molecule has 2 heterocycles. The molecule has 3 aromatic carbocycles. The Bertz CT molecular complexity index is 1570.